The predicted octanol–water partition coefficient (Wildman–Crippen LogP) is 4.01. The predicted molar refractivity (Wildman–Crippen MR) is 62.1 cm³/mol. The van der Waals surface area contributed by atoms with Gasteiger partial charge < -0.3 is 0 Å². The first-order valence-electron chi connectivity index (χ1n) is 6.13. The van der Waals surface area contributed by atoms with E-state index in [4.69, 9.17) is 0 Å². The summed E-state index contributed by atoms with van der Waals surface area (Å²) in [5.41, 5.74) is -0.231. The quantitative estimate of drug-likeness (QED) is 0.795. The van der Waals surface area contributed by atoms with Crippen molar-refractivity contribution in [3.05, 3.63) is 35.4 Å². The maximum absolute atomic E-state index is 12.5. The summed E-state index contributed by atoms with van der Waals surface area (Å²) in [6.07, 6.45) is -0.395. The van der Waals surface area contributed by atoms with Gasteiger partial charge in [0.2, 0.25) is 0 Å². The van der Waals surface area contributed by atoms with Gasteiger partial charge in [-0.3, -0.25) is 4.79 Å². The fourth-order valence-corrected chi connectivity index (χ4v) is 2.18. The molecule has 1 aliphatic rings. The van der Waals surface area contributed by atoms with Gasteiger partial charge in [0.15, 0.2) is 0 Å². The standard InChI is InChI=1S/C14H15F3O/c15-14(16,17)12-6-2-5-11(7-12)9-13(18)8-10-3-1-4-10/h2,5-7,10H,1,3-4,8-9H2. The van der Waals surface area contributed by atoms with E-state index in [2.05, 4.69) is 0 Å². The second-order valence-corrected chi connectivity index (χ2v) is 4.91. The minimum Gasteiger partial charge on any atom is -0.299 e. The molecule has 0 N–H and O–H groups in total. The first kappa shape index (κ1) is 13.1. The number of alkyl halides is 3. The summed E-state index contributed by atoms with van der Waals surface area (Å²) in [5.74, 6) is 0.502. The summed E-state index contributed by atoms with van der Waals surface area (Å²) in [4.78, 5) is 11.7. The van der Waals surface area contributed by atoms with Crippen LogP contribution < -0.4 is 0 Å². The molecular formula is C14H15F3O. The summed E-state index contributed by atoms with van der Waals surface area (Å²) >= 11 is 0. The van der Waals surface area contributed by atoms with Gasteiger partial charge in [-0.1, -0.05) is 37.5 Å². The number of hydrogen-bond donors (Lipinski definition) is 0. The molecule has 1 fully saturated rings. The topological polar surface area (TPSA) is 17.1 Å². The number of carbonyl (C=O) groups excluding carboxylic acids is 1. The van der Waals surface area contributed by atoms with Gasteiger partial charge in [0.1, 0.15) is 5.78 Å². The Morgan fingerprint density at radius 2 is 2.00 bits per heavy atom. The molecule has 1 nitrogen and oxygen atoms in total. The SMILES string of the molecule is O=C(Cc1cccc(C(F)(F)F)c1)CC1CCC1. The number of Topliss-reactive ketones (excluding diaryl/α,β-unsaturated/α-hetero) is 1. The van der Waals surface area contributed by atoms with Crippen LogP contribution in [0.2, 0.25) is 0 Å². The molecule has 1 saturated carbocycles. The lowest BCUT2D eigenvalue weighted by Crippen LogP contribution is -2.17. The van der Waals surface area contributed by atoms with E-state index in [9.17, 15) is 18.0 Å². The highest BCUT2D eigenvalue weighted by Gasteiger charge is 2.30. The van der Waals surface area contributed by atoms with Gasteiger partial charge in [0, 0.05) is 12.8 Å². The van der Waals surface area contributed by atoms with Crippen molar-refractivity contribution in [2.24, 2.45) is 5.92 Å². The molecule has 0 saturated heterocycles. The number of ketones is 1. The molecule has 1 aromatic rings. The highest BCUT2D eigenvalue weighted by molar-refractivity contribution is 5.81. The van der Waals surface area contributed by atoms with Crippen molar-refractivity contribution in [3.8, 4) is 0 Å². The molecule has 4 heteroatoms. The average molecular weight is 256 g/mol. The molecule has 0 amide bonds. The van der Waals surface area contributed by atoms with E-state index in [1.807, 2.05) is 0 Å². The first-order valence-corrected chi connectivity index (χ1v) is 6.13. The van der Waals surface area contributed by atoms with Crippen LogP contribution in [-0.4, -0.2) is 5.78 Å². The molecule has 1 aromatic carbocycles. The molecule has 0 aliphatic heterocycles. The zero-order valence-corrected chi connectivity index (χ0v) is 9.96. The van der Waals surface area contributed by atoms with Crippen molar-refractivity contribution in [3.63, 3.8) is 0 Å². The van der Waals surface area contributed by atoms with Gasteiger partial charge in [-0.25, -0.2) is 0 Å². The average Bonchev–Trinajstić information content (AvgIpc) is 2.23. The maximum atomic E-state index is 12.5. The lowest BCUT2D eigenvalue weighted by atomic mass is 9.81. The van der Waals surface area contributed by atoms with Crippen molar-refractivity contribution in [1.82, 2.24) is 0 Å². The van der Waals surface area contributed by atoms with Crippen LogP contribution >= 0.6 is 0 Å². The summed E-state index contributed by atoms with van der Waals surface area (Å²) in [5, 5.41) is 0. The van der Waals surface area contributed by atoms with Crippen molar-refractivity contribution in [2.45, 2.75) is 38.3 Å². The first-order chi connectivity index (χ1) is 8.45. The summed E-state index contributed by atoms with van der Waals surface area (Å²) in [6, 6.07) is 5.03. The zero-order chi connectivity index (χ0) is 13.2. The Kier molecular flexibility index (Phi) is 3.73. The third-order valence-corrected chi connectivity index (χ3v) is 3.40. The third kappa shape index (κ3) is 3.34. The Morgan fingerprint density at radius 1 is 1.28 bits per heavy atom. The minimum atomic E-state index is -4.34. The van der Waals surface area contributed by atoms with E-state index in [1.54, 1.807) is 6.07 Å². The molecule has 0 atom stereocenters. The second-order valence-electron chi connectivity index (χ2n) is 4.91. The fraction of sp³-hybridized carbons (Fsp3) is 0.500. The van der Waals surface area contributed by atoms with Crippen molar-refractivity contribution in [1.29, 1.82) is 0 Å². The van der Waals surface area contributed by atoms with Crippen LogP contribution in [-0.2, 0) is 17.4 Å². The van der Waals surface area contributed by atoms with Crippen LogP contribution in [0.1, 0.15) is 36.8 Å². The minimum absolute atomic E-state index is 0.0408. The Morgan fingerprint density at radius 3 is 2.56 bits per heavy atom. The van der Waals surface area contributed by atoms with E-state index in [0.29, 0.717) is 17.9 Å². The summed E-state index contributed by atoms with van der Waals surface area (Å²) < 4.78 is 37.5. The molecule has 0 unspecified atom stereocenters. The van der Waals surface area contributed by atoms with E-state index in [-0.39, 0.29) is 12.2 Å². The van der Waals surface area contributed by atoms with E-state index in [0.717, 1.165) is 25.0 Å². The summed E-state index contributed by atoms with van der Waals surface area (Å²) in [6.45, 7) is 0. The highest BCUT2D eigenvalue weighted by atomic mass is 19.4. The van der Waals surface area contributed by atoms with Gasteiger partial charge in [-0.05, 0) is 17.5 Å². The Balaban J connectivity index is 1.98. The summed E-state index contributed by atoms with van der Waals surface area (Å²) in [7, 11) is 0. The van der Waals surface area contributed by atoms with Crippen LogP contribution in [0, 0.1) is 5.92 Å². The molecule has 2 rings (SSSR count). The maximum Gasteiger partial charge on any atom is 0.416 e. The number of carbonyl (C=O) groups is 1. The van der Waals surface area contributed by atoms with Gasteiger partial charge in [0.05, 0.1) is 5.56 Å². The third-order valence-electron chi connectivity index (χ3n) is 3.40. The lowest BCUT2D eigenvalue weighted by molar-refractivity contribution is -0.137. The molecule has 0 aromatic heterocycles. The number of rotatable bonds is 4. The van der Waals surface area contributed by atoms with E-state index in [1.165, 1.54) is 12.5 Å². The van der Waals surface area contributed by atoms with E-state index < -0.39 is 11.7 Å². The van der Waals surface area contributed by atoms with Crippen LogP contribution in [0.4, 0.5) is 13.2 Å². The van der Waals surface area contributed by atoms with Gasteiger partial charge in [0.25, 0.3) is 0 Å². The van der Waals surface area contributed by atoms with Crippen LogP contribution in [0.5, 0.6) is 0 Å². The lowest BCUT2D eigenvalue weighted by Gasteiger charge is -2.24. The van der Waals surface area contributed by atoms with Crippen LogP contribution in [0.25, 0.3) is 0 Å². The number of benzene rings is 1. The van der Waals surface area contributed by atoms with Gasteiger partial charge >= 0.3 is 6.18 Å². The number of hydrogen-bond acceptors (Lipinski definition) is 1. The Bertz CT molecular complexity index is 433. The smallest absolute Gasteiger partial charge is 0.299 e. The zero-order valence-electron chi connectivity index (χ0n) is 9.96. The molecular weight excluding hydrogens is 241 g/mol. The monoisotopic (exact) mass is 256 g/mol. The van der Waals surface area contributed by atoms with Crippen molar-refractivity contribution in [2.75, 3.05) is 0 Å². The molecule has 18 heavy (non-hydrogen) atoms. The molecule has 0 heterocycles. The van der Waals surface area contributed by atoms with E-state index >= 15 is 0 Å². The van der Waals surface area contributed by atoms with Gasteiger partial charge in [-0.15, -0.1) is 0 Å². The molecule has 1 aliphatic carbocycles. The normalized spacial score (nSPS) is 16.4. The molecule has 0 radical (unpaired) electrons. The molecule has 0 spiro atoms. The second kappa shape index (κ2) is 5.12. The van der Waals surface area contributed by atoms with Gasteiger partial charge in [-0.2, -0.15) is 13.2 Å². The Labute approximate surface area is 104 Å². The van der Waals surface area contributed by atoms with Crippen LogP contribution in [0.15, 0.2) is 24.3 Å². The molecule has 98 valence electrons. The molecule has 0 bridgehead atoms. The Hall–Kier alpha value is -1.32. The van der Waals surface area contributed by atoms with Crippen LogP contribution in [0.3, 0.4) is 0 Å². The number of halogens is 3. The van der Waals surface area contributed by atoms with Crippen molar-refractivity contribution < 1.29 is 18.0 Å². The van der Waals surface area contributed by atoms with Crippen molar-refractivity contribution >= 4 is 5.78 Å². The largest absolute Gasteiger partial charge is 0.416 e. The highest BCUT2D eigenvalue weighted by Crippen LogP contribution is 2.31. The fourth-order valence-electron chi connectivity index (χ4n) is 2.18.